The highest BCUT2D eigenvalue weighted by Gasteiger charge is 2.19. The van der Waals surface area contributed by atoms with E-state index in [0.717, 1.165) is 5.56 Å². The molecule has 0 heterocycles. The normalized spacial score (nSPS) is 11.0. The van der Waals surface area contributed by atoms with E-state index >= 15 is 0 Å². The summed E-state index contributed by atoms with van der Waals surface area (Å²) in [6, 6.07) is 11.5. The maximum absolute atomic E-state index is 12.3. The minimum Gasteiger partial charge on any atom is -0.493 e. The van der Waals surface area contributed by atoms with Crippen molar-refractivity contribution in [3.8, 4) is 11.5 Å². The van der Waals surface area contributed by atoms with Crippen LogP contribution in [-0.2, 0) is 21.2 Å². The lowest BCUT2D eigenvalue weighted by atomic mass is 10.2. The predicted molar refractivity (Wildman–Crippen MR) is 99.5 cm³/mol. The molecule has 0 aromatic heterocycles. The minimum atomic E-state index is -3.62. The first-order valence-electron chi connectivity index (χ1n) is 7.82. The van der Waals surface area contributed by atoms with Crippen molar-refractivity contribution in [1.29, 1.82) is 0 Å². The van der Waals surface area contributed by atoms with Gasteiger partial charge in [0.2, 0.25) is 5.91 Å². The maximum atomic E-state index is 12.3. The topological polar surface area (TPSA) is 81.7 Å². The first-order chi connectivity index (χ1) is 12.4. The molecule has 1 amide bonds. The van der Waals surface area contributed by atoms with Crippen LogP contribution < -0.4 is 14.8 Å². The molecule has 0 unspecified atom stereocenters. The Labute approximate surface area is 158 Å². The third-order valence-corrected chi connectivity index (χ3v) is 5.92. The number of carbonyl (C=O) groups excluding carboxylic acids is 1. The summed E-state index contributed by atoms with van der Waals surface area (Å²) in [7, 11) is -0.550. The van der Waals surface area contributed by atoms with Crippen molar-refractivity contribution in [1.82, 2.24) is 5.32 Å². The Morgan fingerprint density at radius 3 is 2.42 bits per heavy atom. The van der Waals surface area contributed by atoms with Crippen LogP contribution >= 0.6 is 11.6 Å². The second-order valence-electron chi connectivity index (χ2n) is 5.47. The van der Waals surface area contributed by atoms with Crippen molar-refractivity contribution >= 4 is 27.3 Å². The molecule has 0 atom stereocenters. The van der Waals surface area contributed by atoms with Gasteiger partial charge in [0.15, 0.2) is 21.3 Å². The van der Waals surface area contributed by atoms with Gasteiger partial charge in [0.05, 0.1) is 29.9 Å². The average Bonchev–Trinajstić information content (AvgIpc) is 2.64. The molecule has 0 aliphatic carbocycles. The maximum Gasteiger partial charge on any atom is 0.221 e. The first kappa shape index (κ1) is 20.1. The van der Waals surface area contributed by atoms with Gasteiger partial charge >= 0.3 is 0 Å². The van der Waals surface area contributed by atoms with E-state index in [1.807, 2.05) is 0 Å². The SMILES string of the molecule is COc1ccc(CNC(=O)CCS(=O)(=O)c2ccccc2Cl)cc1OC. The van der Waals surface area contributed by atoms with Crippen LogP contribution in [0.5, 0.6) is 11.5 Å². The number of carbonyl (C=O) groups is 1. The molecule has 0 saturated heterocycles. The summed E-state index contributed by atoms with van der Waals surface area (Å²) in [5.41, 5.74) is 0.810. The molecule has 0 saturated carbocycles. The van der Waals surface area contributed by atoms with Crippen LogP contribution in [0.25, 0.3) is 0 Å². The van der Waals surface area contributed by atoms with Gasteiger partial charge in [-0.15, -0.1) is 0 Å². The van der Waals surface area contributed by atoms with Gasteiger partial charge in [0, 0.05) is 13.0 Å². The van der Waals surface area contributed by atoms with E-state index in [4.69, 9.17) is 21.1 Å². The Bertz CT molecular complexity index is 883. The summed E-state index contributed by atoms with van der Waals surface area (Å²) >= 11 is 5.92. The summed E-state index contributed by atoms with van der Waals surface area (Å²) in [5, 5.41) is 2.84. The second-order valence-corrected chi connectivity index (χ2v) is 7.95. The highest BCUT2D eigenvalue weighted by atomic mass is 35.5. The molecular weight excluding hydrogens is 378 g/mol. The molecule has 0 radical (unpaired) electrons. The number of methoxy groups -OCH3 is 2. The van der Waals surface area contributed by atoms with E-state index in [0.29, 0.717) is 11.5 Å². The lowest BCUT2D eigenvalue weighted by molar-refractivity contribution is -0.120. The second kappa shape index (κ2) is 8.91. The molecule has 2 aromatic carbocycles. The monoisotopic (exact) mass is 397 g/mol. The largest absolute Gasteiger partial charge is 0.493 e. The molecule has 0 spiro atoms. The van der Waals surface area contributed by atoms with E-state index in [-0.39, 0.29) is 34.5 Å². The van der Waals surface area contributed by atoms with E-state index in [1.54, 1.807) is 37.4 Å². The number of hydrogen-bond acceptors (Lipinski definition) is 5. The van der Waals surface area contributed by atoms with Gasteiger partial charge in [0.1, 0.15) is 0 Å². The van der Waals surface area contributed by atoms with Crippen LogP contribution in [0.4, 0.5) is 0 Å². The first-order valence-corrected chi connectivity index (χ1v) is 9.85. The highest BCUT2D eigenvalue weighted by Crippen LogP contribution is 2.27. The molecule has 8 heteroatoms. The van der Waals surface area contributed by atoms with Gasteiger partial charge in [-0.25, -0.2) is 8.42 Å². The van der Waals surface area contributed by atoms with E-state index in [9.17, 15) is 13.2 Å². The molecule has 140 valence electrons. The van der Waals surface area contributed by atoms with Crippen molar-refractivity contribution < 1.29 is 22.7 Å². The van der Waals surface area contributed by atoms with Crippen LogP contribution in [0.2, 0.25) is 5.02 Å². The molecule has 2 aromatic rings. The zero-order chi connectivity index (χ0) is 19.2. The number of benzene rings is 2. The zero-order valence-corrected chi connectivity index (χ0v) is 16.1. The molecule has 2 rings (SSSR count). The fourth-order valence-corrected chi connectivity index (χ4v) is 4.13. The Hall–Kier alpha value is -2.25. The van der Waals surface area contributed by atoms with Crippen molar-refractivity contribution in [2.45, 2.75) is 17.9 Å². The molecular formula is C18H20ClNO5S. The lowest BCUT2D eigenvalue weighted by Crippen LogP contribution is -2.25. The van der Waals surface area contributed by atoms with Crippen molar-refractivity contribution in [2.24, 2.45) is 0 Å². The minimum absolute atomic E-state index is 0.0364. The van der Waals surface area contributed by atoms with Crippen molar-refractivity contribution in [3.05, 3.63) is 53.1 Å². The quantitative estimate of drug-likeness (QED) is 0.740. The zero-order valence-electron chi connectivity index (χ0n) is 14.5. The number of rotatable bonds is 8. The Morgan fingerprint density at radius 2 is 1.77 bits per heavy atom. The Morgan fingerprint density at radius 1 is 1.08 bits per heavy atom. The van der Waals surface area contributed by atoms with Crippen molar-refractivity contribution in [2.75, 3.05) is 20.0 Å². The van der Waals surface area contributed by atoms with Gasteiger partial charge in [-0.3, -0.25) is 4.79 Å². The number of ether oxygens (including phenoxy) is 2. The number of nitrogens with one attached hydrogen (secondary N) is 1. The van der Waals surface area contributed by atoms with Gasteiger partial charge in [0.25, 0.3) is 0 Å². The fraction of sp³-hybridized carbons (Fsp3) is 0.278. The highest BCUT2D eigenvalue weighted by molar-refractivity contribution is 7.91. The molecule has 6 nitrogen and oxygen atoms in total. The van der Waals surface area contributed by atoms with E-state index < -0.39 is 9.84 Å². The lowest BCUT2D eigenvalue weighted by Gasteiger charge is -2.10. The van der Waals surface area contributed by atoms with Crippen LogP contribution in [0.15, 0.2) is 47.4 Å². The van der Waals surface area contributed by atoms with E-state index in [1.165, 1.54) is 19.2 Å². The third kappa shape index (κ3) is 5.12. The standard InChI is InChI=1S/C18H20ClNO5S/c1-24-15-8-7-13(11-16(15)25-2)12-20-18(21)9-10-26(22,23)17-6-4-3-5-14(17)19/h3-8,11H,9-10,12H2,1-2H3,(H,20,21). The fourth-order valence-electron chi connectivity index (χ4n) is 2.31. The van der Waals surface area contributed by atoms with Crippen LogP contribution in [0.1, 0.15) is 12.0 Å². The number of hydrogen-bond donors (Lipinski definition) is 1. The third-order valence-electron chi connectivity index (χ3n) is 3.71. The van der Waals surface area contributed by atoms with Crippen LogP contribution in [0, 0.1) is 0 Å². The van der Waals surface area contributed by atoms with Crippen molar-refractivity contribution in [3.63, 3.8) is 0 Å². The molecule has 0 aliphatic rings. The van der Waals surface area contributed by atoms with Crippen LogP contribution in [-0.4, -0.2) is 34.3 Å². The number of sulfone groups is 1. The van der Waals surface area contributed by atoms with E-state index in [2.05, 4.69) is 5.32 Å². The number of amides is 1. The number of halogens is 1. The molecule has 0 bridgehead atoms. The molecule has 1 N–H and O–H groups in total. The van der Waals surface area contributed by atoms with Crippen LogP contribution in [0.3, 0.4) is 0 Å². The Kier molecular flexibility index (Phi) is 6.88. The molecule has 0 aliphatic heterocycles. The average molecular weight is 398 g/mol. The molecule has 26 heavy (non-hydrogen) atoms. The van der Waals surface area contributed by atoms with Gasteiger partial charge < -0.3 is 14.8 Å². The Balaban J connectivity index is 1.92. The molecule has 0 fully saturated rings. The smallest absolute Gasteiger partial charge is 0.221 e. The summed E-state index contributed by atoms with van der Waals surface area (Å²) in [6.07, 6.45) is -0.152. The van der Waals surface area contributed by atoms with Gasteiger partial charge in [-0.05, 0) is 29.8 Å². The summed E-state index contributed by atoms with van der Waals surface area (Å²) < 4.78 is 34.9. The summed E-state index contributed by atoms with van der Waals surface area (Å²) in [4.78, 5) is 12.0. The van der Waals surface area contributed by atoms with Gasteiger partial charge in [-0.1, -0.05) is 29.8 Å². The summed E-state index contributed by atoms with van der Waals surface area (Å²) in [5.74, 6) is 0.471. The van der Waals surface area contributed by atoms with Gasteiger partial charge in [-0.2, -0.15) is 0 Å². The predicted octanol–water partition coefficient (Wildman–Crippen LogP) is 2.84. The summed E-state index contributed by atoms with van der Waals surface area (Å²) in [6.45, 7) is 0.255.